The van der Waals surface area contributed by atoms with E-state index in [-0.39, 0.29) is 27.6 Å². The first-order valence-electron chi connectivity index (χ1n) is 11.9. The third-order valence-electron chi connectivity index (χ3n) is 6.33. The van der Waals surface area contributed by atoms with Crippen LogP contribution in [0.3, 0.4) is 0 Å². The molecule has 3 rings (SSSR count). The second-order valence-electron chi connectivity index (χ2n) is 10.2. The number of primary amides is 1. The van der Waals surface area contributed by atoms with Gasteiger partial charge < -0.3 is 26.6 Å². The maximum atomic E-state index is 15.0. The summed E-state index contributed by atoms with van der Waals surface area (Å²) in [5.41, 5.74) is 5.32. The van der Waals surface area contributed by atoms with E-state index in [1.807, 2.05) is 26.8 Å². The summed E-state index contributed by atoms with van der Waals surface area (Å²) in [6.45, 7) is 11.9. The number of aromatic nitrogens is 1. The Bertz CT molecular complexity index is 1300. The number of benzene rings is 1. The normalized spacial score (nSPS) is 12.9. The Labute approximate surface area is 219 Å². The Morgan fingerprint density at radius 1 is 1.14 bits per heavy atom. The fourth-order valence-corrected chi connectivity index (χ4v) is 4.75. The molecular formula is C27H34F2N4O3S. The first kappa shape index (κ1) is 28.5. The molecule has 1 aromatic carbocycles. The predicted octanol–water partition coefficient (Wildman–Crippen LogP) is 5.60. The summed E-state index contributed by atoms with van der Waals surface area (Å²) in [4.78, 5) is 17.0. The van der Waals surface area contributed by atoms with Crippen LogP contribution in [0.15, 0.2) is 24.3 Å². The van der Waals surface area contributed by atoms with E-state index < -0.39 is 28.7 Å². The number of hydrogen-bond donors (Lipinski definition) is 5. The number of nitrogens with zero attached hydrogens (tertiary/aromatic N) is 1. The van der Waals surface area contributed by atoms with E-state index in [1.165, 1.54) is 19.9 Å². The van der Waals surface area contributed by atoms with Crippen LogP contribution in [0.1, 0.15) is 68.7 Å². The van der Waals surface area contributed by atoms with Crippen molar-refractivity contribution in [1.82, 2.24) is 4.98 Å². The van der Waals surface area contributed by atoms with E-state index in [2.05, 4.69) is 15.6 Å². The Hall–Kier alpha value is -3.08. The van der Waals surface area contributed by atoms with E-state index in [0.29, 0.717) is 22.9 Å². The molecule has 0 saturated carbocycles. The Balaban J connectivity index is 2.04. The van der Waals surface area contributed by atoms with Crippen molar-refractivity contribution < 1.29 is 23.8 Å². The van der Waals surface area contributed by atoms with Crippen LogP contribution < -0.4 is 16.4 Å². The smallest absolute Gasteiger partial charge is 0.251 e. The van der Waals surface area contributed by atoms with E-state index in [0.717, 1.165) is 34.7 Å². The fraction of sp³-hybridized carbons (Fsp3) is 0.407. The molecule has 2 aromatic heterocycles. The lowest BCUT2D eigenvalue weighted by Gasteiger charge is -2.28. The third-order valence-corrected chi connectivity index (χ3v) is 7.40. The summed E-state index contributed by atoms with van der Waals surface area (Å²) in [5, 5.41) is 27.1. The van der Waals surface area contributed by atoms with Crippen LogP contribution in [0.25, 0.3) is 10.4 Å². The Kier molecular flexibility index (Phi) is 7.97. The topological polar surface area (TPSA) is 120 Å². The third kappa shape index (κ3) is 6.26. The lowest BCUT2D eigenvalue weighted by molar-refractivity contribution is 0.0648. The van der Waals surface area contributed by atoms with Crippen LogP contribution in [0.4, 0.5) is 25.3 Å². The number of carbonyl (C=O) groups is 1. The number of nitrogens with two attached hydrogens (primary N) is 1. The number of pyridine rings is 1. The molecule has 1 amide bonds. The van der Waals surface area contributed by atoms with Gasteiger partial charge in [0.1, 0.15) is 22.5 Å². The molecule has 2 heterocycles. The molecule has 6 N–H and O–H groups in total. The number of thiophene rings is 1. The van der Waals surface area contributed by atoms with Gasteiger partial charge in [-0.2, -0.15) is 0 Å². The standard InChI is InChI=1S/C27H34F2N4O3S/c1-8-15-9-20(32-14(3)26(4,5)35)13(2)31-24(15)33-25-17(23(30)34)12-21(37-25)22-18(28)10-16(11-19(22)29)27(6,7)36/h9-12,14,32,35-36H,8H2,1-7H3,(H2,30,34)(H,31,33). The molecule has 1 unspecified atom stereocenters. The number of aliphatic hydroxyl groups is 2. The van der Waals surface area contributed by atoms with Gasteiger partial charge in [-0.25, -0.2) is 13.8 Å². The van der Waals surface area contributed by atoms with Gasteiger partial charge in [-0.15, -0.1) is 11.3 Å². The fourth-order valence-electron chi connectivity index (χ4n) is 3.64. The Morgan fingerprint density at radius 3 is 2.22 bits per heavy atom. The van der Waals surface area contributed by atoms with Gasteiger partial charge in [-0.3, -0.25) is 4.79 Å². The zero-order chi connectivity index (χ0) is 27.9. The molecular weight excluding hydrogens is 498 g/mol. The molecule has 0 bridgehead atoms. The minimum Gasteiger partial charge on any atom is -0.388 e. The highest BCUT2D eigenvalue weighted by Crippen LogP contribution is 2.41. The van der Waals surface area contributed by atoms with Crippen molar-refractivity contribution >= 4 is 33.8 Å². The molecule has 0 fully saturated rings. The van der Waals surface area contributed by atoms with Gasteiger partial charge in [0.15, 0.2) is 0 Å². The van der Waals surface area contributed by atoms with Gasteiger partial charge >= 0.3 is 0 Å². The summed E-state index contributed by atoms with van der Waals surface area (Å²) < 4.78 is 30.0. The van der Waals surface area contributed by atoms with Crippen LogP contribution in [0.2, 0.25) is 0 Å². The summed E-state index contributed by atoms with van der Waals surface area (Å²) in [6, 6.07) is 5.18. The molecule has 0 saturated heterocycles. The van der Waals surface area contributed by atoms with Gasteiger partial charge in [-0.05, 0) is 83.4 Å². The van der Waals surface area contributed by atoms with E-state index in [9.17, 15) is 23.8 Å². The van der Waals surface area contributed by atoms with Crippen molar-refractivity contribution in [3.63, 3.8) is 0 Å². The Morgan fingerprint density at radius 2 is 1.73 bits per heavy atom. The number of hydrogen-bond acceptors (Lipinski definition) is 7. The minimum absolute atomic E-state index is 0.0738. The highest BCUT2D eigenvalue weighted by Gasteiger charge is 2.26. The maximum absolute atomic E-state index is 15.0. The van der Waals surface area contributed by atoms with Gasteiger partial charge in [0.2, 0.25) is 0 Å². The molecule has 0 aliphatic heterocycles. The first-order valence-corrected chi connectivity index (χ1v) is 12.8. The van der Waals surface area contributed by atoms with Crippen molar-refractivity contribution in [1.29, 1.82) is 0 Å². The molecule has 7 nitrogen and oxygen atoms in total. The van der Waals surface area contributed by atoms with Crippen molar-refractivity contribution in [3.05, 3.63) is 58.3 Å². The molecule has 200 valence electrons. The van der Waals surface area contributed by atoms with Crippen LogP contribution in [0, 0.1) is 18.6 Å². The SMILES string of the molecule is CCc1cc(NC(C)C(C)(C)O)c(C)nc1Nc1sc(-c2c(F)cc(C(C)(C)O)cc2F)cc1C(N)=O. The van der Waals surface area contributed by atoms with Crippen LogP contribution in [-0.4, -0.2) is 32.7 Å². The average molecular weight is 533 g/mol. The van der Waals surface area contributed by atoms with Crippen LogP contribution in [-0.2, 0) is 12.0 Å². The lowest BCUT2D eigenvalue weighted by Crippen LogP contribution is -2.39. The van der Waals surface area contributed by atoms with Gasteiger partial charge in [0.05, 0.1) is 39.8 Å². The molecule has 0 aliphatic rings. The quantitative estimate of drug-likeness (QED) is 0.245. The number of halogens is 2. The van der Waals surface area contributed by atoms with Crippen LogP contribution >= 0.6 is 11.3 Å². The second-order valence-corrected chi connectivity index (χ2v) is 11.3. The molecule has 10 heteroatoms. The number of anilines is 3. The monoisotopic (exact) mass is 532 g/mol. The van der Waals surface area contributed by atoms with Crippen molar-refractivity contribution in [2.45, 2.75) is 72.1 Å². The van der Waals surface area contributed by atoms with Crippen molar-refractivity contribution in [3.8, 4) is 10.4 Å². The van der Waals surface area contributed by atoms with Crippen molar-refractivity contribution in [2.75, 3.05) is 10.6 Å². The summed E-state index contributed by atoms with van der Waals surface area (Å²) in [6.07, 6.45) is 0.604. The van der Waals surface area contributed by atoms with E-state index in [4.69, 9.17) is 5.73 Å². The highest BCUT2D eigenvalue weighted by atomic mass is 32.1. The summed E-state index contributed by atoms with van der Waals surface area (Å²) in [7, 11) is 0. The van der Waals surface area contributed by atoms with Gasteiger partial charge in [0, 0.05) is 4.88 Å². The zero-order valence-electron chi connectivity index (χ0n) is 22.1. The van der Waals surface area contributed by atoms with Crippen molar-refractivity contribution in [2.24, 2.45) is 5.73 Å². The summed E-state index contributed by atoms with van der Waals surface area (Å²) >= 11 is 0.978. The molecule has 3 aromatic rings. The number of aryl methyl sites for hydroxylation is 2. The summed E-state index contributed by atoms with van der Waals surface area (Å²) in [5.74, 6) is -2.00. The number of carbonyl (C=O) groups excluding carboxylic acids is 1. The number of rotatable bonds is 9. The molecule has 0 aliphatic carbocycles. The second kappa shape index (κ2) is 10.4. The molecule has 1 atom stereocenters. The van der Waals surface area contributed by atoms with E-state index in [1.54, 1.807) is 13.8 Å². The number of nitrogens with one attached hydrogen (secondary N) is 2. The lowest BCUT2D eigenvalue weighted by atomic mass is 9.96. The molecule has 37 heavy (non-hydrogen) atoms. The zero-order valence-corrected chi connectivity index (χ0v) is 22.9. The number of amides is 1. The van der Waals surface area contributed by atoms with Gasteiger partial charge in [0.25, 0.3) is 5.91 Å². The maximum Gasteiger partial charge on any atom is 0.251 e. The highest BCUT2D eigenvalue weighted by molar-refractivity contribution is 7.20. The predicted molar refractivity (Wildman–Crippen MR) is 144 cm³/mol. The van der Waals surface area contributed by atoms with E-state index >= 15 is 0 Å². The average Bonchev–Trinajstić information content (AvgIpc) is 3.17. The molecule has 0 spiro atoms. The minimum atomic E-state index is -1.42. The largest absolute Gasteiger partial charge is 0.388 e. The van der Waals surface area contributed by atoms with Gasteiger partial charge in [-0.1, -0.05) is 6.92 Å². The first-order chi connectivity index (χ1) is 17.0. The van der Waals surface area contributed by atoms with Crippen LogP contribution in [0.5, 0.6) is 0 Å². The molecule has 0 radical (unpaired) electrons.